The zero-order chi connectivity index (χ0) is 13.1. The average Bonchev–Trinajstić information content (AvgIpc) is 2.79. The Morgan fingerprint density at radius 3 is 2.79 bits per heavy atom. The van der Waals surface area contributed by atoms with Crippen molar-refractivity contribution in [1.82, 2.24) is 19.8 Å². The minimum absolute atomic E-state index is 0.969. The van der Waals surface area contributed by atoms with Crippen molar-refractivity contribution in [3.63, 3.8) is 0 Å². The van der Waals surface area contributed by atoms with Gasteiger partial charge in [-0.05, 0) is 18.6 Å². The Kier molecular flexibility index (Phi) is 3.80. The number of aromatic nitrogens is 2. The van der Waals surface area contributed by atoms with Crippen molar-refractivity contribution < 1.29 is 0 Å². The first-order valence-electron chi connectivity index (χ1n) is 7.25. The van der Waals surface area contributed by atoms with Gasteiger partial charge in [-0.15, -0.1) is 0 Å². The first-order valence-corrected chi connectivity index (χ1v) is 7.25. The van der Waals surface area contributed by atoms with E-state index in [1.54, 1.807) is 0 Å². The lowest BCUT2D eigenvalue weighted by Crippen LogP contribution is -2.43. The molecule has 1 aliphatic heterocycles. The highest BCUT2D eigenvalue weighted by atomic mass is 15.2. The highest BCUT2D eigenvalue weighted by molar-refractivity contribution is 5.75. The first-order chi connectivity index (χ1) is 9.38. The Hall–Kier alpha value is -1.39. The van der Waals surface area contributed by atoms with Crippen LogP contribution in [0.25, 0.3) is 11.0 Å². The molecule has 0 saturated carbocycles. The molecule has 1 aliphatic rings. The third-order valence-corrected chi connectivity index (χ3v) is 3.76. The second-order valence-electron chi connectivity index (χ2n) is 5.19. The summed E-state index contributed by atoms with van der Waals surface area (Å²) >= 11 is 0. The van der Waals surface area contributed by atoms with Crippen LogP contribution < -0.4 is 5.32 Å². The number of fused-ring (bicyclic) bond motifs is 1. The SMILES string of the molecule is CCCn1c(CN2CCNCC2)nc2ccccc21. The maximum Gasteiger partial charge on any atom is 0.124 e. The predicted molar refractivity (Wildman–Crippen MR) is 78.2 cm³/mol. The summed E-state index contributed by atoms with van der Waals surface area (Å²) in [7, 11) is 0. The van der Waals surface area contributed by atoms with Crippen molar-refractivity contribution in [2.45, 2.75) is 26.4 Å². The smallest absolute Gasteiger partial charge is 0.124 e. The highest BCUT2D eigenvalue weighted by Crippen LogP contribution is 2.18. The molecule has 0 spiro atoms. The molecule has 1 aromatic carbocycles. The Morgan fingerprint density at radius 1 is 1.21 bits per heavy atom. The summed E-state index contributed by atoms with van der Waals surface area (Å²) < 4.78 is 2.39. The molecule has 1 N–H and O–H groups in total. The van der Waals surface area contributed by atoms with Crippen LogP contribution in [0.4, 0.5) is 0 Å². The second-order valence-corrected chi connectivity index (χ2v) is 5.19. The lowest BCUT2D eigenvalue weighted by molar-refractivity contribution is 0.225. The van der Waals surface area contributed by atoms with Crippen LogP contribution in [0, 0.1) is 0 Å². The number of rotatable bonds is 4. The van der Waals surface area contributed by atoms with E-state index in [1.807, 2.05) is 0 Å². The summed E-state index contributed by atoms with van der Waals surface area (Å²) in [5, 5.41) is 3.40. The molecule has 2 heterocycles. The topological polar surface area (TPSA) is 33.1 Å². The van der Waals surface area contributed by atoms with Gasteiger partial charge in [-0.2, -0.15) is 0 Å². The van der Waals surface area contributed by atoms with Crippen LogP contribution in [-0.4, -0.2) is 40.6 Å². The molecule has 2 aromatic rings. The van der Waals surface area contributed by atoms with Crippen molar-refractivity contribution in [2.24, 2.45) is 0 Å². The Morgan fingerprint density at radius 2 is 2.00 bits per heavy atom. The third-order valence-electron chi connectivity index (χ3n) is 3.76. The first kappa shape index (κ1) is 12.6. The van der Waals surface area contributed by atoms with Gasteiger partial charge in [-0.1, -0.05) is 19.1 Å². The predicted octanol–water partition coefficient (Wildman–Crippen LogP) is 1.85. The van der Waals surface area contributed by atoms with E-state index in [-0.39, 0.29) is 0 Å². The fourth-order valence-electron chi connectivity index (χ4n) is 2.79. The molecule has 1 saturated heterocycles. The van der Waals surface area contributed by atoms with Crippen LogP contribution >= 0.6 is 0 Å². The highest BCUT2D eigenvalue weighted by Gasteiger charge is 2.15. The molecular formula is C15H22N4. The number of hydrogen-bond acceptors (Lipinski definition) is 3. The summed E-state index contributed by atoms with van der Waals surface area (Å²) in [6.45, 7) is 8.67. The fraction of sp³-hybridized carbons (Fsp3) is 0.533. The van der Waals surface area contributed by atoms with Crippen LogP contribution in [0.1, 0.15) is 19.2 Å². The van der Waals surface area contributed by atoms with E-state index in [4.69, 9.17) is 4.98 Å². The number of nitrogens with zero attached hydrogens (tertiary/aromatic N) is 3. The molecule has 4 nitrogen and oxygen atoms in total. The summed E-state index contributed by atoms with van der Waals surface area (Å²) in [6.07, 6.45) is 1.15. The number of para-hydroxylation sites is 2. The summed E-state index contributed by atoms with van der Waals surface area (Å²) in [6, 6.07) is 8.47. The fourth-order valence-corrected chi connectivity index (χ4v) is 2.79. The van der Waals surface area contributed by atoms with Crippen molar-refractivity contribution in [3.8, 4) is 0 Å². The van der Waals surface area contributed by atoms with Crippen molar-refractivity contribution in [1.29, 1.82) is 0 Å². The zero-order valence-corrected chi connectivity index (χ0v) is 11.6. The van der Waals surface area contributed by atoms with Crippen LogP contribution in [-0.2, 0) is 13.1 Å². The van der Waals surface area contributed by atoms with Gasteiger partial charge < -0.3 is 9.88 Å². The van der Waals surface area contributed by atoms with Gasteiger partial charge in [0.2, 0.25) is 0 Å². The molecule has 1 fully saturated rings. The Balaban J connectivity index is 1.90. The van der Waals surface area contributed by atoms with Crippen LogP contribution in [0.3, 0.4) is 0 Å². The maximum atomic E-state index is 4.83. The molecule has 3 rings (SSSR count). The van der Waals surface area contributed by atoms with E-state index in [0.29, 0.717) is 0 Å². The van der Waals surface area contributed by atoms with Crippen molar-refractivity contribution >= 4 is 11.0 Å². The molecule has 19 heavy (non-hydrogen) atoms. The lowest BCUT2D eigenvalue weighted by Gasteiger charge is -2.27. The second kappa shape index (κ2) is 5.72. The number of hydrogen-bond donors (Lipinski definition) is 1. The van der Waals surface area contributed by atoms with Crippen LogP contribution in [0.2, 0.25) is 0 Å². The molecule has 1 aromatic heterocycles. The molecule has 0 radical (unpaired) electrons. The number of benzene rings is 1. The molecule has 0 bridgehead atoms. The van der Waals surface area contributed by atoms with Gasteiger partial charge in [0.15, 0.2) is 0 Å². The van der Waals surface area contributed by atoms with Crippen LogP contribution in [0.5, 0.6) is 0 Å². The van der Waals surface area contributed by atoms with Gasteiger partial charge in [-0.25, -0.2) is 4.98 Å². The van der Waals surface area contributed by atoms with Crippen LogP contribution in [0.15, 0.2) is 24.3 Å². The van der Waals surface area contributed by atoms with Crippen molar-refractivity contribution in [2.75, 3.05) is 26.2 Å². The van der Waals surface area contributed by atoms with Gasteiger partial charge in [0.05, 0.1) is 17.6 Å². The maximum absolute atomic E-state index is 4.83. The minimum Gasteiger partial charge on any atom is -0.327 e. The van der Waals surface area contributed by atoms with Gasteiger partial charge in [0.1, 0.15) is 5.82 Å². The molecule has 0 atom stereocenters. The summed E-state index contributed by atoms with van der Waals surface area (Å²) in [4.78, 5) is 7.32. The normalized spacial score (nSPS) is 17.1. The largest absolute Gasteiger partial charge is 0.327 e. The lowest BCUT2D eigenvalue weighted by atomic mass is 10.3. The molecule has 0 unspecified atom stereocenters. The summed E-state index contributed by atoms with van der Waals surface area (Å²) in [5.41, 5.74) is 2.40. The Labute approximate surface area is 114 Å². The number of nitrogens with one attached hydrogen (secondary N) is 1. The Bertz CT molecular complexity index is 540. The van der Waals surface area contributed by atoms with Gasteiger partial charge in [0, 0.05) is 32.7 Å². The van der Waals surface area contributed by atoms with E-state index in [0.717, 1.165) is 51.2 Å². The number of aryl methyl sites for hydroxylation is 1. The molecule has 102 valence electrons. The van der Waals surface area contributed by atoms with Gasteiger partial charge in [-0.3, -0.25) is 4.90 Å². The number of piperazine rings is 1. The minimum atomic E-state index is 0.969. The average molecular weight is 258 g/mol. The van der Waals surface area contributed by atoms with E-state index in [1.165, 1.54) is 11.3 Å². The van der Waals surface area contributed by atoms with E-state index in [9.17, 15) is 0 Å². The van der Waals surface area contributed by atoms with Gasteiger partial charge in [0.25, 0.3) is 0 Å². The molecule has 0 amide bonds. The number of imidazole rings is 1. The molecular weight excluding hydrogens is 236 g/mol. The molecule has 0 aliphatic carbocycles. The standard InChI is InChI=1S/C15H22N4/c1-2-9-19-14-6-4-3-5-13(14)17-15(19)12-18-10-7-16-8-11-18/h3-6,16H,2,7-12H2,1H3. The quantitative estimate of drug-likeness (QED) is 0.908. The van der Waals surface area contributed by atoms with E-state index < -0.39 is 0 Å². The van der Waals surface area contributed by atoms with E-state index >= 15 is 0 Å². The van der Waals surface area contributed by atoms with E-state index in [2.05, 4.69) is 46.0 Å². The zero-order valence-electron chi connectivity index (χ0n) is 11.6. The van der Waals surface area contributed by atoms with Gasteiger partial charge >= 0.3 is 0 Å². The monoisotopic (exact) mass is 258 g/mol. The molecule has 4 heteroatoms. The summed E-state index contributed by atoms with van der Waals surface area (Å²) in [5.74, 6) is 1.21. The third kappa shape index (κ3) is 2.65. The van der Waals surface area contributed by atoms with Crippen molar-refractivity contribution in [3.05, 3.63) is 30.1 Å².